The van der Waals surface area contributed by atoms with Crippen LogP contribution in [0, 0.1) is 0 Å². The quantitative estimate of drug-likeness (QED) is 0.251. The second-order valence-corrected chi connectivity index (χ2v) is 3.24. The summed E-state index contributed by atoms with van der Waals surface area (Å²) in [5.74, 6) is -2.34. The first kappa shape index (κ1) is 12.8. The summed E-state index contributed by atoms with van der Waals surface area (Å²) in [6, 6.07) is 8.49. The molecule has 88 valence electrons. The van der Waals surface area contributed by atoms with Gasteiger partial charge in [-0.15, -0.1) is 0 Å². The molecule has 0 saturated carbocycles. The fourth-order valence-electron chi connectivity index (χ4n) is 1.42. The lowest BCUT2D eigenvalue weighted by Gasteiger charge is -2.10. The van der Waals surface area contributed by atoms with Crippen LogP contribution in [0.15, 0.2) is 30.3 Å². The molecule has 0 aliphatic carbocycles. The zero-order chi connectivity index (χ0) is 12.7. The average molecular weight is 232 g/mol. The van der Waals surface area contributed by atoms with E-state index in [-0.39, 0.29) is 6.61 Å². The predicted octanol–water partition coefficient (Wildman–Crippen LogP) is 1.20. The van der Waals surface area contributed by atoms with Gasteiger partial charge in [0.25, 0.3) is 5.78 Å². The largest absolute Gasteiger partial charge is 0.465 e. The van der Waals surface area contributed by atoms with E-state index in [9.17, 15) is 9.59 Å². The van der Waals surface area contributed by atoms with E-state index < -0.39 is 17.7 Å². The minimum Gasteiger partial charge on any atom is -0.465 e. The summed E-state index contributed by atoms with van der Waals surface area (Å²) in [5.41, 5.74) is 8.85. The van der Waals surface area contributed by atoms with Crippen molar-refractivity contribution >= 4 is 18.0 Å². The molecule has 0 saturated heterocycles. The number of esters is 1. The summed E-state index contributed by atoms with van der Waals surface area (Å²) in [7, 11) is 0. The van der Waals surface area contributed by atoms with E-state index in [1.54, 1.807) is 37.3 Å². The highest BCUT2D eigenvalue weighted by Gasteiger charge is 2.30. The number of rotatable bonds is 5. The highest BCUT2D eigenvalue weighted by atomic mass is 16.5. The number of benzene rings is 1. The van der Waals surface area contributed by atoms with E-state index >= 15 is 0 Å². The Morgan fingerprint density at radius 2 is 2.06 bits per heavy atom. The molecule has 0 aromatic heterocycles. The van der Waals surface area contributed by atoms with Crippen LogP contribution in [0.4, 0.5) is 0 Å². The number of ether oxygens (including phenoxy) is 1. The molecule has 0 amide bonds. The Bertz CT molecular complexity index is 450. The van der Waals surface area contributed by atoms with Gasteiger partial charge in [-0.25, -0.2) is 0 Å². The molecule has 0 aliphatic heterocycles. The molecule has 0 unspecified atom stereocenters. The zero-order valence-corrected chi connectivity index (χ0v) is 9.37. The number of Topliss-reactive ketones (excluding diaryl/α,β-unsaturated/α-hetero) is 1. The summed E-state index contributed by atoms with van der Waals surface area (Å²) in [4.78, 5) is 26.0. The van der Waals surface area contributed by atoms with Crippen molar-refractivity contribution < 1.29 is 19.1 Å². The fraction of sp³-hybridized carbons (Fsp3) is 0.250. The van der Waals surface area contributed by atoms with Gasteiger partial charge < -0.3 is 10.3 Å². The van der Waals surface area contributed by atoms with Gasteiger partial charge in [-0.05, 0) is 12.5 Å². The molecule has 1 rings (SSSR count). The highest BCUT2D eigenvalue weighted by molar-refractivity contribution is 6.33. The van der Waals surface area contributed by atoms with Gasteiger partial charge in [0, 0.05) is 0 Å². The summed E-state index contributed by atoms with van der Waals surface area (Å²) in [6.45, 7) is 1.84. The third-order valence-electron chi connectivity index (χ3n) is 2.12. The minimum atomic E-state index is -1.08. The molecular formula is C12H12N2O3. The minimum absolute atomic E-state index is 0.186. The molecule has 0 fully saturated rings. The van der Waals surface area contributed by atoms with Gasteiger partial charge in [0.2, 0.25) is 0 Å². The van der Waals surface area contributed by atoms with E-state index in [4.69, 9.17) is 10.3 Å². The van der Waals surface area contributed by atoms with Crippen molar-refractivity contribution in [2.45, 2.75) is 12.8 Å². The third kappa shape index (κ3) is 3.36. The summed E-state index contributed by atoms with van der Waals surface area (Å²) in [6.07, 6.45) is 0.703. The van der Waals surface area contributed by atoms with Crippen LogP contribution in [0.1, 0.15) is 18.4 Å². The number of hydrogen-bond donors (Lipinski definition) is 0. The molecule has 1 aromatic rings. The van der Waals surface area contributed by atoms with Gasteiger partial charge in [-0.2, -0.15) is 4.79 Å². The van der Waals surface area contributed by atoms with Gasteiger partial charge in [-0.1, -0.05) is 30.3 Å². The van der Waals surface area contributed by atoms with E-state index in [0.29, 0.717) is 11.8 Å². The van der Waals surface area contributed by atoms with Crippen molar-refractivity contribution in [1.82, 2.24) is 0 Å². The van der Waals surface area contributed by atoms with Gasteiger partial charge in [0.05, 0.1) is 6.61 Å². The first-order valence-electron chi connectivity index (χ1n) is 5.13. The first-order chi connectivity index (χ1) is 8.20. The van der Waals surface area contributed by atoms with Crippen LogP contribution in [0.3, 0.4) is 0 Å². The molecule has 0 aliphatic rings. The second-order valence-electron chi connectivity index (χ2n) is 3.24. The van der Waals surface area contributed by atoms with Gasteiger partial charge >= 0.3 is 12.2 Å². The maximum atomic E-state index is 11.7. The van der Waals surface area contributed by atoms with Crippen LogP contribution in [0.25, 0.3) is 5.53 Å². The Morgan fingerprint density at radius 3 is 2.59 bits per heavy atom. The standard InChI is InChI=1S/C12H12N2O3/c1-2-17-12(16)11(10(15)8-14-13)9-6-4-3-5-7-9/h3-8,11H,2H2,1H3/t11-/m1/s1. The van der Waals surface area contributed by atoms with E-state index in [1.165, 1.54) is 0 Å². The first-order valence-corrected chi connectivity index (χ1v) is 5.13. The van der Waals surface area contributed by atoms with Crippen molar-refractivity contribution in [1.29, 1.82) is 0 Å². The maximum Gasteiger partial charge on any atom is 0.324 e. The lowest BCUT2D eigenvalue weighted by Crippen LogP contribution is -2.25. The number of carbonyl (C=O) groups excluding carboxylic acids is 2. The SMILES string of the molecule is CCOC(=O)[C@@H](C(=O)C=[N+]=[N-])c1ccccc1. The smallest absolute Gasteiger partial charge is 0.324 e. The van der Waals surface area contributed by atoms with Crippen LogP contribution in [0.2, 0.25) is 0 Å². The van der Waals surface area contributed by atoms with Gasteiger partial charge in [0.1, 0.15) is 0 Å². The summed E-state index contributed by atoms with van der Waals surface area (Å²) in [5, 5.41) is 0. The Labute approximate surface area is 98.6 Å². The van der Waals surface area contributed by atoms with Crippen molar-refractivity contribution in [2.75, 3.05) is 6.61 Å². The number of carbonyl (C=O) groups is 2. The van der Waals surface area contributed by atoms with Crippen LogP contribution in [-0.4, -0.2) is 29.4 Å². The number of nitrogens with zero attached hydrogens (tertiary/aromatic N) is 2. The number of hydrogen-bond acceptors (Lipinski definition) is 3. The Morgan fingerprint density at radius 1 is 1.41 bits per heavy atom. The molecule has 1 atom stereocenters. The van der Waals surface area contributed by atoms with Crippen LogP contribution in [-0.2, 0) is 14.3 Å². The summed E-state index contributed by atoms with van der Waals surface area (Å²) < 4.78 is 4.82. The third-order valence-corrected chi connectivity index (χ3v) is 2.12. The van der Waals surface area contributed by atoms with Crippen LogP contribution in [0.5, 0.6) is 0 Å². The topological polar surface area (TPSA) is 79.8 Å². The van der Waals surface area contributed by atoms with E-state index in [0.717, 1.165) is 0 Å². The van der Waals surface area contributed by atoms with Gasteiger partial charge in [0.15, 0.2) is 5.92 Å². The number of ketones is 1. The average Bonchev–Trinajstić information content (AvgIpc) is 2.31. The predicted molar refractivity (Wildman–Crippen MR) is 60.5 cm³/mol. The molecule has 0 bridgehead atoms. The molecule has 0 N–H and O–H groups in total. The zero-order valence-electron chi connectivity index (χ0n) is 9.37. The molecule has 17 heavy (non-hydrogen) atoms. The van der Waals surface area contributed by atoms with Crippen molar-refractivity contribution in [3.05, 3.63) is 41.4 Å². The lowest BCUT2D eigenvalue weighted by molar-refractivity contribution is -0.147. The Kier molecular flexibility index (Phi) is 4.78. The highest BCUT2D eigenvalue weighted by Crippen LogP contribution is 2.17. The van der Waals surface area contributed by atoms with Crippen LogP contribution < -0.4 is 0 Å². The van der Waals surface area contributed by atoms with Crippen LogP contribution >= 0.6 is 0 Å². The van der Waals surface area contributed by atoms with E-state index in [1.807, 2.05) is 0 Å². The molecule has 5 heteroatoms. The normalized spacial score (nSPS) is 11.1. The maximum absolute atomic E-state index is 11.7. The Hall–Kier alpha value is -2.26. The fourth-order valence-corrected chi connectivity index (χ4v) is 1.42. The Balaban J connectivity index is 3.06. The molecule has 0 radical (unpaired) electrons. The monoisotopic (exact) mass is 232 g/mol. The molecular weight excluding hydrogens is 220 g/mol. The second kappa shape index (κ2) is 6.35. The van der Waals surface area contributed by atoms with Crippen molar-refractivity contribution in [3.8, 4) is 0 Å². The molecule has 0 heterocycles. The van der Waals surface area contributed by atoms with Gasteiger partial charge in [-0.3, -0.25) is 9.59 Å². The molecule has 0 spiro atoms. The molecule has 5 nitrogen and oxygen atoms in total. The summed E-state index contributed by atoms with van der Waals surface area (Å²) >= 11 is 0. The van der Waals surface area contributed by atoms with Crippen molar-refractivity contribution in [3.63, 3.8) is 0 Å². The van der Waals surface area contributed by atoms with Crippen molar-refractivity contribution in [2.24, 2.45) is 0 Å². The van der Waals surface area contributed by atoms with E-state index in [2.05, 4.69) is 4.79 Å². The lowest BCUT2D eigenvalue weighted by atomic mass is 9.95. The molecule has 1 aromatic carbocycles.